The highest BCUT2D eigenvalue weighted by molar-refractivity contribution is 7.62. The van der Waals surface area contributed by atoms with E-state index < -0.39 is 15.2 Å². The Balaban J connectivity index is 1.30. The third-order valence-corrected chi connectivity index (χ3v) is 11.2. The van der Waals surface area contributed by atoms with E-state index in [1.54, 1.807) is 25.1 Å². The molecule has 0 aliphatic heterocycles. The molecule has 0 aromatic heterocycles. The average molecular weight is 641 g/mol. The first kappa shape index (κ1) is 32.8. The van der Waals surface area contributed by atoms with Gasteiger partial charge in [-0.15, -0.1) is 0 Å². The van der Waals surface area contributed by atoms with E-state index in [-0.39, 0.29) is 32.3 Å². The van der Waals surface area contributed by atoms with Crippen molar-refractivity contribution in [2.24, 2.45) is 0 Å². The molecule has 0 bridgehead atoms. The van der Waals surface area contributed by atoms with Crippen LogP contribution in [0.2, 0.25) is 0 Å². The van der Waals surface area contributed by atoms with Gasteiger partial charge in [0, 0.05) is 5.92 Å². The second kappa shape index (κ2) is 16.1. The van der Waals surface area contributed by atoms with Gasteiger partial charge in [0.1, 0.15) is 0 Å². The largest absolute Gasteiger partial charge is 0.361 e. The number of benzene rings is 5. The second-order valence-electron chi connectivity index (χ2n) is 10.4. The Morgan fingerprint density at radius 3 is 1.64 bits per heavy atom. The Labute approximate surface area is 266 Å². The van der Waals surface area contributed by atoms with Crippen molar-refractivity contribution in [1.29, 1.82) is 0 Å². The predicted octanol–water partition coefficient (Wildman–Crippen LogP) is 8.68. The van der Waals surface area contributed by atoms with Crippen LogP contribution >= 0.6 is 15.2 Å². The molecule has 0 N–H and O–H groups in total. The van der Waals surface area contributed by atoms with Gasteiger partial charge in [-0.3, -0.25) is 9.13 Å². The Kier molecular flexibility index (Phi) is 11.7. The van der Waals surface area contributed by atoms with E-state index in [9.17, 15) is 9.13 Å². The third kappa shape index (κ3) is 8.99. The quantitative estimate of drug-likeness (QED) is 0.101. The minimum atomic E-state index is -3.67. The smallest absolute Gasteiger partial charge is 0.305 e. The lowest BCUT2D eigenvalue weighted by Crippen LogP contribution is -2.16. The fraction of sp³-hybridized carbons (Fsp3) is 0.189. The summed E-state index contributed by atoms with van der Waals surface area (Å²) in [6, 6.07) is 46.0. The average Bonchev–Trinajstić information content (AvgIpc) is 3.09. The standard InChI is InChI=1S/C37H38O6P2/c1-2-40-45(39,43-30-37(33-19-9-4-10-20-33)34-21-11-5-12-22-34)36-25-15-18-31(28-36)26-27-41-44(38,35-23-13-6-14-24-35)42-29-32-16-7-3-8-17-32/h3-25,28,37H,2,26-27,29-30H2,1H3. The van der Waals surface area contributed by atoms with Crippen LogP contribution in [0.4, 0.5) is 0 Å². The zero-order valence-electron chi connectivity index (χ0n) is 25.3. The van der Waals surface area contributed by atoms with E-state index in [0.29, 0.717) is 17.0 Å². The Hall–Kier alpha value is -3.60. The zero-order valence-corrected chi connectivity index (χ0v) is 27.1. The van der Waals surface area contributed by atoms with Crippen LogP contribution in [0, 0.1) is 0 Å². The lowest BCUT2D eigenvalue weighted by Gasteiger charge is -2.23. The first-order valence-electron chi connectivity index (χ1n) is 15.1. The maximum absolute atomic E-state index is 14.2. The van der Waals surface area contributed by atoms with E-state index >= 15 is 0 Å². The van der Waals surface area contributed by atoms with Crippen molar-refractivity contribution in [3.05, 3.63) is 168 Å². The van der Waals surface area contributed by atoms with Crippen LogP contribution < -0.4 is 10.6 Å². The molecule has 0 saturated heterocycles. The van der Waals surface area contributed by atoms with Crippen LogP contribution in [-0.4, -0.2) is 19.8 Å². The topological polar surface area (TPSA) is 71.1 Å². The van der Waals surface area contributed by atoms with E-state index in [2.05, 4.69) is 0 Å². The van der Waals surface area contributed by atoms with Crippen molar-refractivity contribution in [2.45, 2.75) is 25.9 Å². The summed E-state index contributed by atoms with van der Waals surface area (Å²) in [6.45, 7) is 2.50. The highest BCUT2D eigenvalue weighted by atomic mass is 31.2. The minimum Gasteiger partial charge on any atom is -0.305 e. The van der Waals surface area contributed by atoms with Crippen molar-refractivity contribution in [3.63, 3.8) is 0 Å². The summed E-state index contributed by atoms with van der Waals surface area (Å²) in [7, 11) is -7.28. The molecule has 0 saturated carbocycles. The van der Waals surface area contributed by atoms with Crippen LogP contribution in [0.1, 0.15) is 35.1 Å². The first-order valence-corrected chi connectivity index (χ1v) is 18.1. The summed E-state index contributed by atoms with van der Waals surface area (Å²) in [5.74, 6) is -0.124. The van der Waals surface area contributed by atoms with Gasteiger partial charge < -0.3 is 18.1 Å². The second-order valence-corrected chi connectivity index (χ2v) is 14.5. The molecule has 6 nitrogen and oxygen atoms in total. The highest BCUT2D eigenvalue weighted by Crippen LogP contribution is 2.49. The van der Waals surface area contributed by atoms with Gasteiger partial charge in [0.15, 0.2) is 0 Å². The highest BCUT2D eigenvalue weighted by Gasteiger charge is 2.31. The number of hydrogen-bond acceptors (Lipinski definition) is 6. The fourth-order valence-electron chi connectivity index (χ4n) is 4.98. The summed E-state index contributed by atoms with van der Waals surface area (Å²) in [4.78, 5) is 0. The minimum absolute atomic E-state index is 0.124. The Bertz CT molecular complexity index is 1660. The van der Waals surface area contributed by atoms with Gasteiger partial charge in [-0.2, -0.15) is 0 Å². The van der Waals surface area contributed by atoms with Gasteiger partial charge >= 0.3 is 15.2 Å². The van der Waals surface area contributed by atoms with Gasteiger partial charge in [-0.25, -0.2) is 0 Å². The third-order valence-electron chi connectivity index (χ3n) is 7.31. The fourth-order valence-corrected chi connectivity index (χ4v) is 8.19. The molecular formula is C37H38O6P2. The van der Waals surface area contributed by atoms with Crippen molar-refractivity contribution in [2.75, 3.05) is 19.8 Å². The lowest BCUT2D eigenvalue weighted by atomic mass is 9.92. The summed E-state index contributed by atoms with van der Waals surface area (Å²) < 4.78 is 52.1. The molecule has 5 aromatic carbocycles. The van der Waals surface area contributed by atoms with E-state index in [4.69, 9.17) is 18.1 Å². The molecule has 45 heavy (non-hydrogen) atoms. The van der Waals surface area contributed by atoms with Crippen molar-refractivity contribution in [1.82, 2.24) is 0 Å². The van der Waals surface area contributed by atoms with Crippen LogP contribution in [0.15, 0.2) is 146 Å². The molecule has 8 heteroatoms. The molecule has 2 unspecified atom stereocenters. The van der Waals surface area contributed by atoms with E-state index in [0.717, 1.165) is 22.3 Å². The summed E-state index contributed by atoms with van der Waals surface area (Å²) >= 11 is 0. The molecule has 0 amide bonds. The van der Waals surface area contributed by atoms with Crippen LogP contribution in [0.25, 0.3) is 0 Å². The molecule has 0 aliphatic rings. The normalized spacial score (nSPS) is 14.1. The van der Waals surface area contributed by atoms with Gasteiger partial charge in [0.2, 0.25) is 0 Å². The zero-order chi connectivity index (χ0) is 31.4. The molecule has 0 fully saturated rings. The van der Waals surface area contributed by atoms with Crippen LogP contribution in [0.5, 0.6) is 0 Å². The number of rotatable bonds is 16. The molecule has 0 radical (unpaired) electrons. The number of hydrogen-bond donors (Lipinski definition) is 0. The maximum Gasteiger partial charge on any atom is 0.361 e. The first-order chi connectivity index (χ1) is 22.0. The Morgan fingerprint density at radius 2 is 1.04 bits per heavy atom. The van der Waals surface area contributed by atoms with Crippen molar-refractivity contribution in [3.8, 4) is 0 Å². The lowest BCUT2D eigenvalue weighted by molar-refractivity contribution is 0.208. The summed E-state index contributed by atoms with van der Waals surface area (Å²) in [6.07, 6.45) is 0.419. The van der Waals surface area contributed by atoms with Gasteiger partial charge in [-0.1, -0.05) is 121 Å². The molecule has 5 rings (SSSR count). The molecular weight excluding hydrogens is 602 g/mol. The van der Waals surface area contributed by atoms with Gasteiger partial charge in [0.05, 0.1) is 37.0 Å². The van der Waals surface area contributed by atoms with Crippen molar-refractivity contribution < 1.29 is 27.2 Å². The van der Waals surface area contributed by atoms with Crippen LogP contribution in [0.3, 0.4) is 0 Å². The van der Waals surface area contributed by atoms with E-state index in [1.165, 1.54) is 0 Å². The predicted molar refractivity (Wildman–Crippen MR) is 181 cm³/mol. The molecule has 0 spiro atoms. The van der Waals surface area contributed by atoms with Crippen LogP contribution in [-0.2, 0) is 40.3 Å². The molecule has 232 valence electrons. The molecule has 0 heterocycles. The molecule has 5 aromatic rings. The van der Waals surface area contributed by atoms with E-state index in [1.807, 2.05) is 127 Å². The molecule has 2 atom stereocenters. The van der Waals surface area contributed by atoms with Gasteiger partial charge in [0.25, 0.3) is 0 Å². The SMILES string of the molecule is CCOP(=O)(OCC(c1ccccc1)c1ccccc1)c1cccc(CCOP(=O)(OCc2ccccc2)c2ccccc2)c1. The molecule has 0 aliphatic carbocycles. The van der Waals surface area contributed by atoms with Gasteiger partial charge in [-0.05, 0) is 59.9 Å². The summed E-state index contributed by atoms with van der Waals surface area (Å²) in [5.41, 5.74) is 3.88. The monoisotopic (exact) mass is 640 g/mol. The van der Waals surface area contributed by atoms with Crippen molar-refractivity contribution >= 4 is 25.8 Å². The summed E-state index contributed by atoms with van der Waals surface area (Å²) in [5, 5.41) is 0.962. The maximum atomic E-state index is 14.2. The Morgan fingerprint density at radius 1 is 0.533 bits per heavy atom.